The van der Waals surface area contributed by atoms with Crippen LogP contribution in [0.3, 0.4) is 0 Å². The van der Waals surface area contributed by atoms with Gasteiger partial charge in [0.25, 0.3) is 0 Å². The molecular weight excluding hydrogens is 237 g/mol. The Balaban J connectivity index is 2.93. The predicted molar refractivity (Wildman–Crippen MR) is 65.2 cm³/mol. The number of hydrogen-bond donors (Lipinski definition) is 1. The number of halogens is 1. The molecule has 0 radical (unpaired) electrons. The number of fused-ring (bicyclic) bond motifs is 1. The second-order valence-corrected chi connectivity index (χ2v) is 4.16. The molecule has 1 aromatic heterocycles. The van der Waals surface area contributed by atoms with E-state index in [0.717, 1.165) is 0 Å². The van der Waals surface area contributed by atoms with Crippen molar-refractivity contribution in [2.75, 3.05) is 0 Å². The number of aryl methyl sites for hydroxylation is 1. The summed E-state index contributed by atoms with van der Waals surface area (Å²) in [6, 6.07) is 4.22. The molecule has 94 valence electrons. The van der Waals surface area contributed by atoms with Gasteiger partial charge in [0.15, 0.2) is 5.43 Å². The zero-order valence-corrected chi connectivity index (χ0v) is 10.0. The Bertz CT molecular complexity index is 703. The van der Waals surface area contributed by atoms with E-state index >= 15 is 0 Å². The van der Waals surface area contributed by atoms with Gasteiger partial charge in [-0.05, 0) is 19.1 Å². The van der Waals surface area contributed by atoms with Gasteiger partial charge in [-0.3, -0.25) is 9.59 Å². The molecule has 0 bridgehead atoms. The van der Waals surface area contributed by atoms with Crippen LogP contribution in [0.1, 0.15) is 11.3 Å². The molecule has 18 heavy (non-hydrogen) atoms. The molecule has 1 aromatic carbocycles. The number of benzene rings is 1. The van der Waals surface area contributed by atoms with Gasteiger partial charge in [0, 0.05) is 23.7 Å². The number of rotatable bonds is 2. The number of nitrogens with zero attached hydrogens (tertiary/aromatic N) is 1. The van der Waals surface area contributed by atoms with Gasteiger partial charge in [0.2, 0.25) is 0 Å². The van der Waals surface area contributed by atoms with Crippen LogP contribution in [0.5, 0.6) is 0 Å². The second kappa shape index (κ2) is 4.25. The number of aliphatic carboxylic acids is 1. The van der Waals surface area contributed by atoms with Crippen LogP contribution in [0.25, 0.3) is 10.9 Å². The van der Waals surface area contributed by atoms with E-state index in [2.05, 4.69) is 0 Å². The number of carboxylic acid groups (broad SMARTS) is 1. The molecule has 0 aliphatic carbocycles. The van der Waals surface area contributed by atoms with Crippen molar-refractivity contribution in [1.82, 2.24) is 4.57 Å². The average Bonchev–Trinajstić information content (AvgIpc) is 2.31. The molecule has 1 heterocycles. The Morgan fingerprint density at radius 3 is 2.72 bits per heavy atom. The molecule has 2 aromatic rings. The van der Waals surface area contributed by atoms with Crippen molar-refractivity contribution in [3.05, 3.63) is 45.5 Å². The Morgan fingerprint density at radius 2 is 2.11 bits per heavy atom. The number of para-hydroxylation sites is 1. The first-order valence-electron chi connectivity index (χ1n) is 5.42. The zero-order valence-electron chi connectivity index (χ0n) is 10.0. The highest BCUT2D eigenvalue weighted by molar-refractivity contribution is 5.82. The summed E-state index contributed by atoms with van der Waals surface area (Å²) in [6.45, 7) is 1.62. The highest BCUT2D eigenvalue weighted by atomic mass is 19.1. The van der Waals surface area contributed by atoms with E-state index in [1.807, 2.05) is 0 Å². The van der Waals surface area contributed by atoms with Gasteiger partial charge in [-0.1, -0.05) is 6.07 Å². The lowest BCUT2D eigenvalue weighted by Crippen LogP contribution is -2.20. The number of carbonyl (C=O) groups is 1. The van der Waals surface area contributed by atoms with Crippen molar-refractivity contribution >= 4 is 16.9 Å². The van der Waals surface area contributed by atoms with Crippen molar-refractivity contribution in [2.24, 2.45) is 7.05 Å². The number of hydrogen-bond acceptors (Lipinski definition) is 2. The standard InChI is InChI=1S/C13H12FNO3/c1-7-9(6-11(16)17)13(18)8-4-3-5-10(14)12(8)15(7)2/h3-5H,6H2,1-2H3,(H,16,17). The highest BCUT2D eigenvalue weighted by Crippen LogP contribution is 2.18. The molecule has 0 saturated heterocycles. The van der Waals surface area contributed by atoms with E-state index < -0.39 is 17.2 Å². The van der Waals surface area contributed by atoms with Crippen LogP contribution in [-0.4, -0.2) is 15.6 Å². The lowest BCUT2D eigenvalue weighted by Gasteiger charge is -2.13. The van der Waals surface area contributed by atoms with Crippen molar-refractivity contribution in [2.45, 2.75) is 13.3 Å². The quantitative estimate of drug-likeness (QED) is 0.879. The number of aromatic nitrogens is 1. The van der Waals surface area contributed by atoms with E-state index in [-0.39, 0.29) is 22.9 Å². The molecular formula is C13H12FNO3. The van der Waals surface area contributed by atoms with Crippen LogP contribution in [0, 0.1) is 12.7 Å². The van der Waals surface area contributed by atoms with Crippen LogP contribution < -0.4 is 5.43 Å². The molecule has 1 N–H and O–H groups in total. The first-order valence-corrected chi connectivity index (χ1v) is 5.42. The summed E-state index contributed by atoms with van der Waals surface area (Å²) in [7, 11) is 1.62. The fraction of sp³-hybridized carbons (Fsp3) is 0.231. The van der Waals surface area contributed by atoms with Crippen molar-refractivity contribution < 1.29 is 14.3 Å². The normalized spacial score (nSPS) is 10.8. The first kappa shape index (κ1) is 12.3. The van der Waals surface area contributed by atoms with Crippen LogP contribution in [-0.2, 0) is 18.3 Å². The lowest BCUT2D eigenvalue weighted by molar-refractivity contribution is -0.136. The Kier molecular flexibility index (Phi) is 2.90. The number of carboxylic acids is 1. The summed E-state index contributed by atoms with van der Waals surface area (Å²) in [5, 5.41) is 9.02. The Labute approximate surface area is 102 Å². The van der Waals surface area contributed by atoms with Gasteiger partial charge in [0.05, 0.1) is 11.9 Å². The first-order chi connectivity index (χ1) is 8.43. The van der Waals surface area contributed by atoms with Crippen LogP contribution >= 0.6 is 0 Å². The van der Waals surface area contributed by atoms with Crippen molar-refractivity contribution in [3.63, 3.8) is 0 Å². The molecule has 0 atom stereocenters. The molecule has 0 aliphatic rings. The number of pyridine rings is 1. The van der Waals surface area contributed by atoms with E-state index in [0.29, 0.717) is 5.69 Å². The molecule has 4 nitrogen and oxygen atoms in total. The maximum absolute atomic E-state index is 13.7. The minimum atomic E-state index is -1.08. The molecule has 0 spiro atoms. The third-order valence-electron chi connectivity index (χ3n) is 3.11. The van der Waals surface area contributed by atoms with Gasteiger partial charge in [-0.15, -0.1) is 0 Å². The summed E-state index contributed by atoms with van der Waals surface area (Å²) in [5.41, 5.74) is 0.458. The van der Waals surface area contributed by atoms with Gasteiger partial charge < -0.3 is 9.67 Å². The second-order valence-electron chi connectivity index (χ2n) is 4.16. The van der Waals surface area contributed by atoms with Crippen LogP contribution in [0.15, 0.2) is 23.0 Å². The molecule has 5 heteroatoms. The summed E-state index contributed by atoms with van der Waals surface area (Å²) < 4.78 is 15.2. The van der Waals surface area contributed by atoms with E-state index in [9.17, 15) is 14.0 Å². The molecule has 0 fully saturated rings. The molecule has 2 rings (SSSR count). The van der Waals surface area contributed by atoms with Gasteiger partial charge in [-0.2, -0.15) is 0 Å². The van der Waals surface area contributed by atoms with E-state index in [1.54, 1.807) is 14.0 Å². The van der Waals surface area contributed by atoms with E-state index in [1.165, 1.54) is 22.8 Å². The Morgan fingerprint density at radius 1 is 1.44 bits per heavy atom. The fourth-order valence-electron chi connectivity index (χ4n) is 2.10. The smallest absolute Gasteiger partial charge is 0.308 e. The maximum Gasteiger partial charge on any atom is 0.308 e. The monoisotopic (exact) mass is 249 g/mol. The minimum Gasteiger partial charge on any atom is -0.481 e. The fourth-order valence-corrected chi connectivity index (χ4v) is 2.10. The molecule has 0 unspecified atom stereocenters. The largest absolute Gasteiger partial charge is 0.481 e. The minimum absolute atomic E-state index is 0.197. The van der Waals surface area contributed by atoms with Crippen LogP contribution in [0.4, 0.5) is 4.39 Å². The van der Waals surface area contributed by atoms with Crippen molar-refractivity contribution in [1.29, 1.82) is 0 Å². The molecule has 0 saturated carbocycles. The topological polar surface area (TPSA) is 59.3 Å². The summed E-state index contributed by atoms with van der Waals surface area (Å²) in [6.07, 6.45) is -0.356. The SMILES string of the molecule is Cc1c(CC(=O)O)c(=O)c2cccc(F)c2n1C. The Hall–Kier alpha value is -2.17. The molecule has 0 aliphatic heterocycles. The lowest BCUT2D eigenvalue weighted by atomic mass is 10.1. The van der Waals surface area contributed by atoms with Gasteiger partial charge in [-0.25, -0.2) is 4.39 Å². The third-order valence-corrected chi connectivity index (χ3v) is 3.11. The van der Waals surface area contributed by atoms with Gasteiger partial charge >= 0.3 is 5.97 Å². The summed E-state index contributed by atoms with van der Waals surface area (Å²) in [5.74, 6) is -1.57. The summed E-state index contributed by atoms with van der Waals surface area (Å²) >= 11 is 0. The predicted octanol–water partition coefficient (Wildman–Crippen LogP) is 1.61. The van der Waals surface area contributed by atoms with Gasteiger partial charge in [0.1, 0.15) is 5.82 Å². The molecule has 0 amide bonds. The summed E-state index contributed by atoms with van der Waals surface area (Å²) in [4.78, 5) is 22.9. The average molecular weight is 249 g/mol. The zero-order chi connectivity index (χ0) is 13.4. The third kappa shape index (κ3) is 1.77. The van der Waals surface area contributed by atoms with E-state index in [4.69, 9.17) is 5.11 Å². The van der Waals surface area contributed by atoms with Crippen LogP contribution in [0.2, 0.25) is 0 Å². The van der Waals surface area contributed by atoms with Crippen molar-refractivity contribution in [3.8, 4) is 0 Å². The maximum atomic E-state index is 13.7. The highest BCUT2D eigenvalue weighted by Gasteiger charge is 2.16.